The van der Waals surface area contributed by atoms with E-state index in [0.717, 1.165) is 33.2 Å². The van der Waals surface area contributed by atoms with E-state index in [2.05, 4.69) is 5.32 Å². The first kappa shape index (κ1) is 23.0. The number of likely N-dealkylation sites (N-methyl/N-ethyl adjacent to an activating group) is 1. The lowest BCUT2D eigenvalue weighted by Crippen LogP contribution is -2.40. The fraction of sp³-hybridized carbons (Fsp3) is 0.192. The van der Waals surface area contributed by atoms with E-state index in [1.807, 2.05) is 48.5 Å². The van der Waals surface area contributed by atoms with Crippen LogP contribution in [0.5, 0.6) is 0 Å². The number of carboxylic acids is 1. The van der Waals surface area contributed by atoms with Gasteiger partial charge >= 0.3 is 12.1 Å². The van der Waals surface area contributed by atoms with Gasteiger partial charge in [-0.25, -0.2) is 14.0 Å². The number of carbonyl (C=O) groups excluding carboxylic acids is 2. The lowest BCUT2D eigenvalue weighted by molar-refractivity contribution is -0.141. The van der Waals surface area contributed by atoms with Gasteiger partial charge in [-0.2, -0.15) is 0 Å². The smallest absolute Gasteiger partial charge is 0.411 e. The van der Waals surface area contributed by atoms with Crippen molar-refractivity contribution in [2.24, 2.45) is 0 Å². The number of anilines is 1. The molecule has 1 atom stereocenters. The van der Waals surface area contributed by atoms with Crippen molar-refractivity contribution in [1.82, 2.24) is 4.90 Å². The summed E-state index contributed by atoms with van der Waals surface area (Å²) in [6, 6.07) is 18.3. The first-order valence-electron chi connectivity index (χ1n) is 10.7. The van der Waals surface area contributed by atoms with Crippen molar-refractivity contribution >= 4 is 23.7 Å². The zero-order valence-corrected chi connectivity index (χ0v) is 18.6. The third-order valence-electron chi connectivity index (χ3n) is 6.07. The molecule has 0 aromatic heterocycles. The highest BCUT2D eigenvalue weighted by Gasteiger charge is 2.30. The quantitative estimate of drug-likeness (QED) is 0.552. The van der Waals surface area contributed by atoms with Gasteiger partial charge in [-0.1, -0.05) is 54.6 Å². The molecule has 0 saturated heterocycles. The highest BCUT2D eigenvalue weighted by atomic mass is 19.1. The third kappa shape index (κ3) is 4.22. The van der Waals surface area contributed by atoms with Gasteiger partial charge in [-0.3, -0.25) is 10.1 Å². The van der Waals surface area contributed by atoms with E-state index in [-0.39, 0.29) is 23.8 Å². The molecule has 7 nitrogen and oxygen atoms in total. The number of rotatable bonds is 6. The molecular weight excluding hydrogens is 439 g/mol. The van der Waals surface area contributed by atoms with E-state index in [1.165, 1.54) is 26.1 Å². The first-order valence-corrected chi connectivity index (χ1v) is 10.7. The number of benzene rings is 3. The average molecular weight is 462 g/mol. The molecule has 1 aliphatic carbocycles. The molecular formula is C26H23FN2O5. The van der Waals surface area contributed by atoms with Gasteiger partial charge < -0.3 is 14.7 Å². The second-order valence-electron chi connectivity index (χ2n) is 8.04. The molecule has 0 spiro atoms. The number of carboxylic acid groups (broad SMARTS) is 1. The number of ether oxygens (including phenoxy) is 1. The van der Waals surface area contributed by atoms with E-state index in [1.54, 1.807) is 0 Å². The minimum atomic E-state index is -1.21. The maximum atomic E-state index is 14.6. The van der Waals surface area contributed by atoms with Crippen molar-refractivity contribution < 1.29 is 28.6 Å². The van der Waals surface area contributed by atoms with Gasteiger partial charge in [0.2, 0.25) is 0 Å². The van der Waals surface area contributed by atoms with Crippen molar-refractivity contribution in [1.29, 1.82) is 0 Å². The molecule has 4 rings (SSSR count). The summed E-state index contributed by atoms with van der Waals surface area (Å²) in [6.45, 7) is 1.35. The Morgan fingerprint density at radius 1 is 1.00 bits per heavy atom. The molecule has 2 amide bonds. The van der Waals surface area contributed by atoms with E-state index >= 15 is 0 Å². The lowest BCUT2D eigenvalue weighted by Gasteiger charge is -2.23. The number of fused-ring (bicyclic) bond motifs is 3. The van der Waals surface area contributed by atoms with Gasteiger partial charge in [-0.15, -0.1) is 0 Å². The Hall–Kier alpha value is -4.20. The van der Waals surface area contributed by atoms with Crippen LogP contribution in [0.25, 0.3) is 11.1 Å². The number of para-hydroxylation sites is 1. The van der Waals surface area contributed by atoms with Crippen LogP contribution >= 0.6 is 0 Å². The van der Waals surface area contributed by atoms with Crippen LogP contribution in [0.2, 0.25) is 0 Å². The van der Waals surface area contributed by atoms with E-state index in [9.17, 15) is 23.9 Å². The minimum Gasteiger partial charge on any atom is -0.480 e. The molecule has 0 radical (unpaired) electrons. The standard InChI is InChI=1S/C26H23FN2O5/c1-15(25(31)32)29(2)24(30)20-12-7-13-22(27)23(20)28-26(33)34-14-21-18-10-5-3-8-16(18)17-9-4-6-11-19(17)21/h3-13,15,21H,14H2,1-2H3,(H,28,33)(H,31,32)/t15-/m0/s1. The van der Waals surface area contributed by atoms with Gasteiger partial charge in [0.1, 0.15) is 18.5 Å². The predicted molar refractivity (Wildman–Crippen MR) is 124 cm³/mol. The summed E-state index contributed by atoms with van der Waals surface area (Å²) < 4.78 is 20.0. The van der Waals surface area contributed by atoms with Crippen molar-refractivity contribution in [3.05, 3.63) is 89.2 Å². The fourth-order valence-electron chi connectivity index (χ4n) is 4.10. The molecule has 0 heterocycles. The number of carbonyl (C=O) groups is 3. The van der Waals surface area contributed by atoms with Gasteiger partial charge in [0.05, 0.1) is 11.3 Å². The van der Waals surface area contributed by atoms with Crippen molar-refractivity contribution in [3.63, 3.8) is 0 Å². The molecule has 0 aliphatic heterocycles. The molecule has 8 heteroatoms. The maximum Gasteiger partial charge on any atom is 0.411 e. The predicted octanol–water partition coefficient (Wildman–Crippen LogP) is 4.73. The molecule has 174 valence electrons. The number of amides is 2. The summed E-state index contributed by atoms with van der Waals surface area (Å²) in [5.41, 5.74) is 3.66. The van der Waals surface area contributed by atoms with Crippen LogP contribution in [0.15, 0.2) is 66.7 Å². The Balaban J connectivity index is 1.52. The van der Waals surface area contributed by atoms with E-state index in [4.69, 9.17) is 4.74 Å². The molecule has 0 unspecified atom stereocenters. The summed E-state index contributed by atoms with van der Waals surface area (Å²) >= 11 is 0. The number of hydrogen-bond acceptors (Lipinski definition) is 4. The molecule has 0 fully saturated rings. The number of hydrogen-bond donors (Lipinski definition) is 2. The van der Waals surface area contributed by atoms with Gasteiger partial charge in [0.25, 0.3) is 5.91 Å². The van der Waals surface area contributed by atoms with Crippen LogP contribution in [-0.4, -0.2) is 47.7 Å². The Labute approximate surface area is 195 Å². The number of nitrogens with zero attached hydrogens (tertiary/aromatic N) is 1. The van der Waals surface area contributed by atoms with Crippen LogP contribution in [0.1, 0.15) is 34.3 Å². The van der Waals surface area contributed by atoms with Crippen molar-refractivity contribution in [2.75, 3.05) is 19.0 Å². The fourth-order valence-corrected chi connectivity index (χ4v) is 4.10. The normalized spacial score (nSPS) is 12.9. The van der Waals surface area contributed by atoms with E-state index in [0.29, 0.717) is 0 Å². The Kier molecular flexibility index (Phi) is 6.32. The molecule has 0 bridgehead atoms. The SMILES string of the molecule is C[C@@H](C(=O)O)N(C)C(=O)c1cccc(F)c1NC(=O)OCC1c2ccccc2-c2ccccc21. The van der Waals surface area contributed by atoms with Crippen LogP contribution in [-0.2, 0) is 9.53 Å². The highest BCUT2D eigenvalue weighted by Crippen LogP contribution is 2.44. The number of aliphatic carboxylic acids is 1. The highest BCUT2D eigenvalue weighted by molar-refractivity contribution is 6.03. The molecule has 2 N–H and O–H groups in total. The zero-order chi connectivity index (χ0) is 24.4. The molecule has 3 aromatic carbocycles. The topological polar surface area (TPSA) is 95.9 Å². The Morgan fingerprint density at radius 2 is 1.59 bits per heavy atom. The molecule has 0 saturated carbocycles. The molecule has 34 heavy (non-hydrogen) atoms. The van der Waals surface area contributed by atoms with Gasteiger partial charge in [0, 0.05) is 13.0 Å². The first-order chi connectivity index (χ1) is 16.3. The average Bonchev–Trinajstić information content (AvgIpc) is 3.16. The largest absolute Gasteiger partial charge is 0.480 e. The third-order valence-corrected chi connectivity index (χ3v) is 6.07. The zero-order valence-electron chi connectivity index (χ0n) is 18.6. The van der Waals surface area contributed by atoms with Gasteiger partial charge in [0.15, 0.2) is 0 Å². The Bertz CT molecular complexity index is 1230. The number of halogens is 1. The van der Waals surface area contributed by atoms with Crippen LogP contribution in [0, 0.1) is 5.82 Å². The van der Waals surface area contributed by atoms with Crippen LogP contribution < -0.4 is 5.32 Å². The molecule has 3 aromatic rings. The lowest BCUT2D eigenvalue weighted by atomic mass is 9.98. The van der Waals surface area contributed by atoms with E-state index < -0.39 is 29.8 Å². The monoisotopic (exact) mass is 462 g/mol. The summed E-state index contributed by atoms with van der Waals surface area (Å²) in [7, 11) is 1.29. The second kappa shape index (κ2) is 9.35. The van der Waals surface area contributed by atoms with Crippen LogP contribution in [0.4, 0.5) is 14.9 Å². The van der Waals surface area contributed by atoms with Gasteiger partial charge in [-0.05, 0) is 41.3 Å². The molecule has 1 aliphatic rings. The Morgan fingerprint density at radius 3 is 2.18 bits per heavy atom. The summed E-state index contributed by atoms with van der Waals surface area (Å²) in [6.07, 6.45) is -0.921. The minimum absolute atomic E-state index is 0.0214. The van der Waals surface area contributed by atoms with Crippen LogP contribution in [0.3, 0.4) is 0 Å². The van der Waals surface area contributed by atoms with Crippen molar-refractivity contribution in [2.45, 2.75) is 18.9 Å². The van der Waals surface area contributed by atoms with Crippen molar-refractivity contribution in [3.8, 4) is 11.1 Å². The summed E-state index contributed by atoms with van der Waals surface area (Å²) in [5.74, 6) is -2.97. The second-order valence-corrected chi connectivity index (χ2v) is 8.04. The summed E-state index contributed by atoms with van der Waals surface area (Å²) in [4.78, 5) is 37.6. The summed E-state index contributed by atoms with van der Waals surface area (Å²) in [5, 5.41) is 11.5. The maximum absolute atomic E-state index is 14.6. The number of nitrogens with one attached hydrogen (secondary N) is 1.